The lowest BCUT2D eigenvalue weighted by atomic mass is 9.92. The van der Waals surface area contributed by atoms with E-state index in [1.807, 2.05) is 0 Å². The molecule has 2 amide bonds. The first-order valence-corrected chi connectivity index (χ1v) is 5.20. The number of sulfone groups is 1. The van der Waals surface area contributed by atoms with Crippen LogP contribution in [0.3, 0.4) is 0 Å². The number of carbonyl (C=O) groups is 2. The van der Waals surface area contributed by atoms with Crippen LogP contribution >= 0.6 is 0 Å². The molecule has 0 spiro atoms. The van der Waals surface area contributed by atoms with Gasteiger partial charge in [0.05, 0.1) is 11.7 Å². The number of nitrogens with two attached hydrogens (primary N) is 2. The first-order valence-electron chi connectivity index (χ1n) is 3.55. The minimum Gasteiger partial charge on any atom is -0.369 e. The summed E-state index contributed by atoms with van der Waals surface area (Å²) in [6.45, 7) is 1.13. The van der Waals surface area contributed by atoms with E-state index in [0.717, 1.165) is 6.92 Å². The molecule has 13 heavy (non-hydrogen) atoms. The lowest BCUT2D eigenvalue weighted by Gasteiger charge is -2.41. The molecule has 0 aromatic rings. The minimum absolute atomic E-state index is 0.387. The lowest BCUT2D eigenvalue weighted by molar-refractivity contribution is -0.129. The first-order chi connectivity index (χ1) is 5.73. The van der Waals surface area contributed by atoms with E-state index < -0.39 is 32.3 Å². The maximum absolute atomic E-state index is 11.2. The van der Waals surface area contributed by atoms with Crippen molar-refractivity contribution in [3.05, 3.63) is 0 Å². The topological polar surface area (TPSA) is 120 Å². The zero-order chi connectivity index (χ0) is 10.4. The average Bonchev–Trinajstić information content (AvgIpc) is 1.98. The van der Waals surface area contributed by atoms with Gasteiger partial charge in [-0.05, 0) is 6.92 Å². The molecule has 0 aromatic heterocycles. The fourth-order valence-corrected chi connectivity index (χ4v) is 3.27. The fraction of sp³-hybridized carbons (Fsp3) is 0.667. The molecule has 74 valence electrons. The lowest BCUT2D eigenvalue weighted by Crippen LogP contribution is -2.68. The zero-order valence-corrected chi connectivity index (χ0v) is 7.80. The van der Waals surface area contributed by atoms with E-state index in [1.165, 1.54) is 0 Å². The van der Waals surface area contributed by atoms with Gasteiger partial charge in [-0.2, -0.15) is 0 Å². The van der Waals surface area contributed by atoms with Crippen molar-refractivity contribution in [1.29, 1.82) is 0 Å². The fourth-order valence-electron chi connectivity index (χ4n) is 1.35. The van der Waals surface area contributed by atoms with Gasteiger partial charge in [-0.25, -0.2) is 8.42 Å². The van der Waals surface area contributed by atoms with Gasteiger partial charge in [-0.3, -0.25) is 9.59 Å². The molecule has 1 fully saturated rings. The molecule has 2 unspecified atom stereocenters. The van der Waals surface area contributed by atoms with Crippen LogP contribution in [0.15, 0.2) is 0 Å². The van der Waals surface area contributed by atoms with Crippen LogP contribution < -0.4 is 11.5 Å². The van der Waals surface area contributed by atoms with Crippen molar-refractivity contribution in [2.24, 2.45) is 17.4 Å². The Morgan fingerprint density at radius 1 is 1.38 bits per heavy atom. The summed E-state index contributed by atoms with van der Waals surface area (Å²) in [5, 5.41) is 0. The van der Waals surface area contributed by atoms with Crippen molar-refractivity contribution in [2.75, 3.05) is 5.75 Å². The second-order valence-electron chi connectivity index (χ2n) is 3.21. The van der Waals surface area contributed by atoms with Crippen molar-refractivity contribution in [1.82, 2.24) is 0 Å². The van der Waals surface area contributed by atoms with Crippen molar-refractivity contribution in [3.8, 4) is 0 Å². The van der Waals surface area contributed by atoms with Crippen LogP contribution in [0.4, 0.5) is 0 Å². The number of primary amides is 2. The molecule has 4 N–H and O–H groups in total. The first kappa shape index (κ1) is 9.97. The summed E-state index contributed by atoms with van der Waals surface area (Å²) in [5.74, 6) is -3.21. The van der Waals surface area contributed by atoms with Crippen LogP contribution in [0, 0.1) is 5.92 Å². The highest BCUT2D eigenvalue weighted by atomic mass is 32.2. The summed E-state index contributed by atoms with van der Waals surface area (Å²) < 4.78 is 20.6. The van der Waals surface area contributed by atoms with Gasteiger partial charge in [0.2, 0.25) is 11.8 Å². The molecule has 0 bridgehead atoms. The number of hydrogen-bond acceptors (Lipinski definition) is 4. The van der Waals surface area contributed by atoms with Gasteiger partial charge < -0.3 is 11.5 Å². The molecule has 0 saturated carbocycles. The van der Waals surface area contributed by atoms with E-state index in [0.29, 0.717) is 0 Å². The molecule has 1 aliphatic rings. The van der Waals surface area contributed by atoms with Crippen molar-refractivity contribution in [3.63, 3.8) is 0 Å². The Bertz CT molecular complexity index is 374. The Kier molecular flexibility index (Phi) is 1.87. The van der Waals surface area contributed by atoms with E-state index in [4.69, 9.17) is 11.5 Å². The molecule has 1 heterocycles. The van der Waals surface area contributed by atoms with Crippen LogP contribution in [0.2, 0.25) is 0 Å². The van der Waals surface area contributed by atoms with Gasteiger partial charge in [-0.15, -0.1) is 0 Å². The third kappa shape index (κ3) is 1.03. The van der Waals surface area contributed by atoms with Crippen LogP contribution in [0.1, 0.15) is 6.92 Å². The van der Waals surface area contributed by atoms with Crippen molar-refractivity contribution >= 4 is 21.7 Å². The van der Waals surface area contributed by atoms with Crippen LogP contribution in [-0.2, 0) is 19.4 Å². The SMILES string of the molecule is CC1(C(N)=O)C(C(N)=O)CS1(=O)=O. The number of amides is 2. The van der Waals surface area contributed by atoms with E-state index >= 15 is 0 Å². The smallest absolute Gasteiger partial charge is 0.239 e. The third-order valence-corrected chi connectivity index (χ3v) is 5.08. The highest BCUT2D eigenvalue weighted by Gasteiger charge is 2.63. The molecule has 0 radical (unpaired) electrons. The molecular weight excluding hydrogens is 196 g/mol. The summed E-state index contributed by atoms with van der Waals surface area (Å²) in [7, 11) is -3.59. The van der Waals surface area contributed by atoms with E-state index in [9.17, 15) is 18.0 Å². The highest BCUT2D eigenvalue weighted by molar-refractivity contribution is 7.95. The zero-order valence-electron chi connectivity index (χ0n) is 6.98. The summed E-state index contributed by atoms with van der Waals surface area (Å²) in [5.41, 5.74) is 9.83. The van der Waals surface area contributed by atoms with Gasteiger partial charge >= 0.3 is 0 Å². The predicted octanol–water partition coefficient (Wildman–Crippen LogP) is -2.24. The largest absolute Gasteiger partial charge is 0.369 e. The summed E-state index contributed by atoms with van der Waals surface area (Å²) in [4.78, 5) is 21.6. The molecule has 0 aliphatic carbocycles. The van der Waals surface area contributed by atoms with Gasteiger partial charge in [0.25, 0.3) is 0 Å². The van der Waals surface area contributed by atoms with E-state index in [2.05, 4.69) is 0 Å². The Labute approximate surface area is 75.2 Å². The summed E-state index contributed by atoms with van der Waals surface area (Å²) >= 11 is 0. The summed E-state index contributed by atoms with van der Waals surface area (Å²) in [6.07, 6.45) is 0. The van der Waals surface area contributed by atoms with Gasteiger partial charge in [0.15, 0.2) is 14.6 Å². The molecule has 6 nitrogen and oxygen atoms in total. The molecule has 7 heteroatoms. The average molecular weight is 206 g/mol. The number of hydrogen-bond donors (Lipinski definition) is 2. The second kappa shape index (κ2) is 2.44. The van der Waals surface area contributed by atoms with Crippen LogP contribution in [0.25, 0.3) is 0 Å². The normalized spacial score (nSPS) is 36.2. The van der Waals surface area contributed by atoms with Crippen molar-refractivity contribution in [2.45, 2.75) is 11.7 Å². The maximum atomic E-state index is 11.2. The Hall–Kier alpha value is -1.11. The third-order valence-electron chi connectivity index (χ3n) is 2.53. The highest BCUT2D eigenvalue weighted by Crippen LogP contribution is 2.39. The van der Waals surface area contributed by atoms with Gasteiger partial charge in [-0.1, -0.05) is 0 Å². The maximum Gasteiger partial charge on any atom is 0.239 e. The van der Waals surface area contributed by atoms with Gasteiger partial charge in [0.1, 0.15) is 0 Å². The standard InChI is InChI=1S/C6H10N2O4S/c1-6(5(8)10)3(4(7)9)2-13(6,11)12/h3H,2H2,1H3,(H2,7,9)(H2,8,10). The quantitative estimate of drug-likeness (QED) is 0.530. The predicted molar refractivity (Wildman–Crippen MR) is 44.1 cm³/mol. The Morgan fingerprint density at radius 2 is 1.85 bits per heavy atom. The summed E-state index contributed by atoms with van der Waals surface area (Å²) in [6, 6.07) is 0. The minimum atomic E-state index is -3.59. The molecule has 2 atom stereocenters. The van der Waals surface area contributed by atoms with Crippen molar-refractivity contribution < 1.29 is 18.0 Å². The van der Waals surface area contributed by atoms with Crippen LogP contribution in [-0.4, -0.2) is 30.7 Å². The second-order valence-corrected chi connectivity index (χ2v) is 5.62. The monoisotopic (exact) mass is 206 g/mol. The van der Waals surface area contributed by atoms with E-state index in [-0.39, 0.29) is 5.75 Å². The van der Waals surface area contributed by atoms with Gasteiger partial charge in [0, 0.05) is 0 Å². The molecule has 1 saturated heterocycles. The molecule has 1 aliphatic heterocycles. The van der Waals surface area contributed by atoms with Crippen LogP contribution in [0.5, 0.6) is 0 Å². The van der Waals surface area contributed by atoms with E-state index in [1.54, 1.807) is 0 Å². The number of carbonyl (C=O) groups excluding carboxylic acids is 2. The molecule has 1 rings (SSSR count). The molecule has 0 aromatic carbocycles. The molecular formula is C6H10N2O4S. The Balaban J connectivity index is 3.16. The Morgan fingerprint density at radius 3 is 2.00 bits per heavy atom. The number of rotatable bonds is 2.